The fraction of sp³-hybridized carbons (Fsp3) is 0.727. The molecule has 0 saturated carbocycles. The Morgan fingerprint density at radius 3 is 2.67 bits per heavy atom. The van der Waals surface area contributed by atoms with Crippen molar-refractivity contribution in [3.8, 4) is 0 Å². The zero-order valence-corrected chi connectivity index (χ0v) is 10.5. The molecule has 1 aliphatic rings. The number of rotatable bonds is 4. The quantitative estimate of drug-likeness (QED) is 0.438. The summed E-state index contributed by atoms with van der Waals surface area (Å²) in [4.78, 5) is 13.7. The van der Waals surface area contributed by atoms with Crippen LogP contribution < -0.4 is 11.3 Å². The van der Waals surface area contributed by atoms with E-state index >= 15 is 0 Å². The Kier molecular flexibility index (Phi) is 4.66. The minimum Gasteiger partial charge on any atom is -0.301 e. The molecule has 1 saturated heterocycles. The molecule has 100 valence electrons. The highest BCUT2D eigenvalue weighted by Crippen LogP contribution is 2.09. The van der Waals surface area contributed by atoms with Crippen LogP contribution in [0.2, 0.25) is 0 Å². The molecule has 1 fully saturated rings. The van der Waals surface area contributed by atoms with Crippen molar-refractivity contribution in [2.75, 3.05) is 19.6 Å². The van der Waals surface area contributed by atoms with E-state index in [9.17, 15) is 4.79 Å². The Morgan fingerprint density at radius 2 is 2.00 bits per heavy atom. The van der Waals surface area contributed by atoms with E-state index in [1.165, 1.54) is 25.7 Å². The average Bonchev–Trinajstić information content (AvgIpc) is 2.71. The van der Waals surface area contributed by atoms with E-state index in [1.807, 2.05) is 5.43 Å². The molecule has 18 heavy (non-hydrogen) atoms. The molecule has 0 unspecified atom stereocenters. The number of nitrogens with two attached hydrogens (primary N) is 1. The summed E-state index contributed by atoms with van der Waals surface area (Å²) in [7, 11) is 0. The van der Waals surface area contributed by atoms with E-state index < -0.39 is 5.91 Å². The lowest BCUT2D eigenvalue weighted by molar-refractivity contribution is 0.0948. The maximum Gasteiger partial charge on any atom is 0.287 e. The van der Waals surface area contributed by atoms with Crippen LogP contribution in [0, 0.1) is 0 Å². The number of hydrazine groups is 1. The summed E-state index contributed by atoms with van der Waals surface area (Å²) in [6, 6.07) is 0. The molecular formula is C11H20N6O. The Hall–Kier alpha value is -1.47. The van der Waals surface area contributed by atoms with Crippen molar-refractivity contribution in [3.05, 3.63) is 11.9 Å². The number of carbonyl (C=O) groups is 1. The molecule has 2 heterocycles. The first kappa shape index (κ1) is 13.0. The fourth-order valence-electron chi connectivity index (χ4n) is 2.19. The molecule has 0 aromatic carbocycles. The van der Waals surface area contributed by atoms with Gasteiger partial charge in [-0.1, -0.05) is 18.1 Å². The first-order valence-corrected chi connectivity index (χ1v) is 6.43. The van der Waals surface area contributed by atoms with Crippen molar-refractivity contribution < 1.29 is 4.79 Å². The molecule has 1 aromatic heterocycles. The van der Waals surface area contributed by atoms with Crippen molar-refractivity contribution >= 4 is 5.91 Å². The monoisotopic (exact) mass is 252 g/mol. The molecule has 7 heteroatoms. The van der Waals surface area contributed by atoms with Gasteiger partial charge in [0.25, 0.3) is 5.91 Å². The zero-order chi connectivity index (χ0) is 12.8. The van der Waals surface area contributed by atoms with Crippen LogP contribution in [-0.2, 0) is 6.54 Å². The van der Waals surface area contributed by atoms with Gasteiger partial charge in [0.05, 0.1) is 12.7 Å². The van der Waals surface area contributed by atoms with Crippen LogP contribution >= 0.6 is 0 Å². The molecule has 1 aromatic rings. The molecule has 1 amide bonds. The highest BCUT2D eigenvalue weighted by atomic mass is 16.2. The normalized spacial score (nSPS) is 17.4. The Balaban J connectivity index is 1.82. The highest BCUT2D eigenvalue weighted by Gasteiger charge is 2.11. The third-order valence-corrected chi connectivity index (χ3v) is 3.25. The molecule has 7 nitrogen and oxygen atoms in total. The van der Waals surface area contributed by atoms with Crippen LogP contribution in [0.4, 0.5) is 0 Å². The van der Waals surface area contributed by atoms with Crippen LogP contribution in [0.25, 0.3) is 0 Å². The van der Waals surface area contributed by atoms with Crippen LogP contribution in [0.15, 0.2) is 6.20 Å². The Morgan fingerprint density at radius 1 is 1.28 bits per heavy atom. The van der Waals surface area contributed by atoms with Gasteiger partial charge in [-0.25, -0.2) is 5.84 Å². The van der Waals surface area contributed by atoms with Crippen LogP contribution in [0.1, 0.15) is 36.2 Å². The second-order valence-corrected chi connectivity index (χ2v) is 4.60. The number of aromatic nitrogens is 3. The summed E-state index contributed by atoms with van der Waals surface area (Å²) in [6.07, 6.45) is 6.84. The van der Waals surface area contributed by atoms with Crippen molar-refractivity contribution in [1.29, 1.82) is 0 Å². The minimum absolute atomic E-state index is 0.258. The van der Waals surface area contributed by atoms with Crippen molar-refractivity contribution in [3.63, 3.8) is 0 Å². The lowest BCUT2D eigenvalue weighted by atomic mass is 10.2. The number of nitrogens with one attached hydrogen (secondary N) is 1. The number of nitrogen functional groups attached to an aromatic ring is 1. The van der Waals surface area contributed by atoms with Gasteiger partial charge < -0.3 is 4.90 Å². The molecule has 3 N–H and O–H groups in total. The molecule has 0 atom stereocenters. The van der Waals surface area contributed by atoms with Crippen LogP contribution in [0.3, 0.4) is 0 Å². The van der Waals surface area contributed by atoms with Crippen LogP contribution in [0.5, 0.6) is 0 Å². The molecular weight excluding hydrogens is 232 g/mol. The number of hydrogen-bond acceptors (Lipinski definition) is 5. The molecule has 0 aliphatic carbocycles. The van der Waals surface area contributed by atoms with Gasteiger partial charge in [0.15, 0.2) is 5.69 Å². The summed E-state index contributed by atoms with van der Waals surface area (Å²) in [5, 5.41) is 7.69. The van der Waals surface area contributed by atoms with Gasteiger partial charge in [-0.15, -0.1) is 5.10 Å². The summed E-state index contributed by atoms with van der Waals surface area (Å²) in [6.45, 7) is 4.02. The van der Waals surface area contributed by atoms with E-state index in [2.05, 4.69) is 15.2 Å². The molecule has 0 radical (unpaired) electrons. The Bertz CT molecular complexity index is 383. The average molecular weight is 252 g/mol. The zero-order valence-electron chi connectivity index (χ0n) is 10.5. The second kappa shape index (κ2) is 6.46. The SMILES string of the molecule is NNC(=O)c1cn(CCN2CCCCCC2)nn1. The Labute approximate surface area is 106 Å². The predicted molar refractivity (Wildman–Crippen MR) is 66.6 cm³/mol. The maximum atomic E-state index is 11.2. The van der Waals surface area contributed by atoms with Crippen molar-refractivity contribution in [2.45, 2.75) is 32.2 Å². The third kappa shape index (κ3) is 3.51. The number of nitrogens with zero attached hydrogens (tertiary/aromatic N) is 4. The number of amides is 1. The lowest BCUT2D eigenvalue weighted by Gasteiger charge is -2.19. The van der Waals surface area contributed by atoms with Gasteiger partial charge in [0, 0.05) is 6.54 Å². The van der Waals surface area contributed by atoms with E-state index in [-0.39, 0.29) is 5.69 Å². The van der Waals surface area contributed by atoms with E-state index in [1.54, 1.807) is 10.9 Å². The van der Waals surface area contributed by atoms with Gasteiger partial charge in [-0.05, 0) is 25.9 Å². The number of hydrogen-bond donors (Lipinski definition) is 2. The van der Waals surface area contributed by atoms with Crippen molar-refractivity contribution in [1.82, 2.24) is 25.3 Å². The molecule has 0 bridgehead atoms. The number of carbonyl (C=O) groups excluding carboxylic acids is 1. The van der Waals surface area contributed by atoms with E-state index in [4.69, 9.17) is 5.84 Å². The first-order chi connectivity index (χ1) is 8.79. The minimum atomic E-state index is -0.406. The van der Waals surface area contributed by atoms with Crippen molar-refractivity contribution in [2.24, 2.45) is 5.84 Å². The first-order valence-electron chi connectivity index (χ1n) is 6.43. The standard InChI is InChI=1S/C11H20N6O/c12-13-11(18)10-9-17(15-14-10)8-7-16-5-3-1-2-4-6-16/h9H,1-8,12H2,(H,13,18). The maximum absolute atomic E-state index is 11.2. The summed E-state index contributed by atoms with van der Waals surface area (Å²) >= 11 is 0. The van der Waals surface area contributed by atoms with Gasteiger partial charge in [-0.2, -0.15) is 0 Å². The largest absolute Gasteiger partial charge is 0.301 e. The van der Waals surface area contributed by atoms with E-state index in [0.717, 1.165) is 26.2 Å². The highest BCUT2D eigenvalue weighted by molar-refractivity contribution is 5.91. The second-order valence-electron chi connectivity index (χ2n) is 4.60. The van der Waals surface area contributed by atoms with E-state index in [0.29, 0.717) is 0 Å². The molecule has 0 spiro atoms. The summed E-state index contributed by atoms with van der Waals surface area (Å²) in [5.41, 5.74) is 2.30. The third-order valence-electron chi connectivity index (χ3n) is 3.25. The van der Waals surface area contributed by atoms with Gasteiger partial charge in [0.2, 0.25) is 0 Å². The number of likely N-dealkylation sites (tertiary alicyclic amines) is 1. The van der Waals surface area contributed by atoms with Gasteiger partial charge in [-0.3, -0.25) is 14.9 Å². The molecule has 2 rings (SSSR count). The topological polar surface area (TPSA) is 89.1 Å². The smallest absolute Gasteiger partial charge is 0.287 e. The van der Waals surface area contributed by atoms with Crippen LogP contribution in [-0.4, -0.2) is 45.4 Å². The summed E-state index contributed by atoms with van der Waals surface area (Å²) in [5.74, 6) is 4.63. The van der Waals surface area contributed by atoms with Gasteiger partial charge in [0.1, 0.15) is 0 Å². The molecule has 1 aliphatic heterocycles. The predicted octanol–water partition coefficient (Wildman–Crippen LogP) is -0.242. The fourth-order valence-corrected chi connectivity index (χ4v) is 2.19. The van der Waals surface area contributed by atoms with Gasteiger partial charge >= 0.3 is 0 Å². The lowest BCUT2D eigenvalue weighted by Crippen LogP contribution is -2.30. The summed E-state index contributed by atoms with van der Waals surface area (Å²) < 4.78 is 1.69.